The molecule has 37 heavy (non-hydrogen) atoms. The van der Waals surface area contributed by atoms with Crippen molar-refractivity contribution in [1.82, 2.24) is 19.8 Å². The smallest absolute Gasteiger partial charge is 0.415 e. The van der Waals surface area contributed by atoms with Gasteiger partial charge in [0.25, 0.3) is 0 Å². The number of rotatable bonds is 5. The molecule has 0 radical (unpaired) electrons. The van der Waals surface area contributed by atoms with Crippen LogP contribution in [-0.4, -0.2) is 64.6 Å². The number of nitrogens with zero attached hydrogens (tertiary/aromatic N) is 4. The zero-order valence-corrected chi connectivity index (χ0v) is 21.9. The monoisotopic (exact) mass is 547 g/mol. The second kappa shape index (κ2) is 10.8. The molecule has 0 aliphatic carbocycles. The van der Waals surface area contributed by atoms with Crippen molar-refractivity contribution in [2.24, 2.45) is 0 Å². The van der Waals surface area contributed by atoms with Crippen LogP contribution in [0.25, 0.3) is 10.9 Å². The molecule has 12 heteroatoms. The molecule has 1 atom stereocenters. The van der Waals surface area contributed by atoms with Crippen LogP contribution in [0.4, 0.5) is 20.7 Å². The first kappa shape index (κ1) is 26.4. The maximum atomic E-state index is 14.6. The predicted octanol–water partition coefficient (Wildman–Crippen LogP) is 5.44. The van der Waals surface area contributed by atoms with Crippen LogP contribution in [0, 0.1) is 5.82 Å². The van der Waals surface area contributed by atoms with E-state index in [0.29, 0.717) is 36.1 Å². The first-order valence-electron chi connectivity index (χ1n) is 11.3. The van der Waals surface area contributed by atoms with E-state index >= 15 is 0 Å². The molecular formula is C25H24Cl2FN5O4. The number of ether oxygens (including phenoxy) is 2. The number of carbonyl (C=O) groups excluding carboxylic acids is 2. The highest BCUT2D eigenvalue weighted by Gasteiger charge is 2.31. The van der Waals surface area contributed by atoms with E-state index in [1.807, 2.05) is 6.92 Å². The molecule has 1 N–H and O–H groups in total. The van der Waals surface area contributed by atoms with Crippen LogP contribution in [-0.2, 0) is 4.79 Å². The normalized spacial score (nSPS) is 15.5. The van der Waals surface area contributed by atoms with E-state index in [1.165, 1.54) is 36.5 Å². The van der Waals surface area contributed by atoms with Crippen molar-refractivity contribution in [1.29, 1.82) is 0 Å². The summed E-state index contributed by atoms with van der Waals surface area (Å²) in [6.07, 6.45) is 0.702. The summed E-state index contributed by atoms with van der Waals surface area (Å²) in [4.78, 5) is 37.0. The lowest BCUT2D eigenvalue weighted by molar-refractivity contribution is -0.129. The molecule has 194 valence electrons. The predicted molar refractivity (Wildman–Crippen MR) is 139 cm³/mol. The fraction of sp³-hybridized carbons (Fsp3) is 0.280. The molecule has 0 unspecified atom stereocenters. The Morgan fingerprint density at radius 1 is 1.19 bits per heavy atom. The third kappa shape index (κ3) is 5.40. The third-order valence-corrected chi connectivity index (χ3v) is 6.70. The van der Waals surface area contributed by atoms with Gasteiger partial charge in [-0.2, -0.15) is 0 Å². The summed E-state index contributed by atoms with van der Waals surface area (Å²) in [5, 5.41) is 3.19. The van der Waals surface area contributed by atoms with Gasteiger partial charge in [0.05, 0.1) is 28.4 Å². The minimum absolute atomic E-state index is 0.0553. The van der Waals surface area contributed by atoms with Gasteiger partial charge in [-0.1, -0.05) is 29.8 Å². The highest BCUT2D eigenvalue weighted by molar-refractivity contribution is 6.42. The summed E-state index contributed by atoms with van der Waals surface area (Å²) in [5.41, 5.74) is 0.964. The summed E-state index contributed by atoms with van der Waals surface area (Å²) in [6, 6.07) is 5.73. The lowest BCUT2D eigenvalue weighted by Gasteiger charge is -2.39. The number of carbonyl (C=O) groups is 2. The van der Waals surface area contributed by atoms with Gasteiger partial charge in [-0.15, -0.1) is 0 Å². The van der Waals surface area contributed by atoms with E-state index in [0.717, 1.165) is 0 Å². The average Bonchev–Trinajstić information content (AvgIpc) is 2.88. The Balaban J connectivity index is 1.61. The number of nitrogens with one attached hydrogen (secondary N) is 1. The molecular weight excluding hydrogens is 524 g/mol. The van der Waals surface area contributed by atoms with Crippen molar-refractivity contribution >= 4 is 57.6 Å². The molecule has 4 rings (SSSR count). The second-order valence-corrected chi connectivity index (χ2v) is 9.32. The van der Waals surface area contributed by atoms with Crippen LogP contribution in [0.5, 0.6) is 11.5 Å². The molecule has 2 amide bonds. The summed E-state index contributed by atoms with van der Waals surface area (Å²) in [5.74, 6) is -0.230. The molecule has 1 aromatic heterocycles. The number of hydrogen-bond acceptors (Lipinski definition) is 7. The Hall–Kier alpha value is -3.63. The Morgan fingerprint density at radius 3 is 2.62 bits per heavy atom. The molecule has 1 aliphatic heterocycles. The number of methoxy groups -OCH3 is 1. The lowest BCUT2D eigenvalue weighted by Crippen LogP contribution is -2.56. The molecule has 1 saturated heterocycles. The van der Waals surface area contributed by atoms with Gasteiger partial charge >= 0.3 is 6.09 Å². The Labute approximate surface area is 222 Å². The fourth-order valence-corrected chi connectivity index (χ4v) is 4.30. The first-order chi connectivity index (χ1) is 17.6. The van der Waals surface area contributed by atoms with Gasteiger partial charge < -0.3 is 24.6 Å². The minimum Gasteiger partial charge on any atom is -0.493 e. The summed E-state index contributed by atoms with van der Waals surface area (Å²) >= 11 is 11.8. The van der Waals surface area contributed by atoms with Crippen LogP contribution >= 0.6 is 23.2 Å². The van der Waals surface area contributed by atoms with Gasteiger partial charge in [0, 0.05) is 42.7 Å². The summed E-state index contributed by atoms with van der Waals surface area (Å²) in [7, 11) is 1.44. The van der Waals surface area contributed by atoms with Crippen LogP contribution in [0.1, 0.15) is 13.8 Å². The zero-order chi connectivity index (χ0) is 26.9. The molecule has 1 fully saturated rings. The van der Waals surface area contributed by atoms with E-state index in [-0.39, 0.29) is 45.0 Å². The molecule has 1 aliphatic rings. The number of piperazine rings is 1. The first-order valence-corrected chi connectivity index (χ1v) is 12.0. The van der Waals surface area contributed by atoms with Gasteiger partial charge in [0.2, 0.25) is 5.91 Å². The van der Waals surface area contributed by atoms with Gasteiger partial charge in [0.1, 0.15) is 12.1 Å². The molecule has 0 bridgehead atoms. The maximum absolute atomic E-state index is 14.6. The van der Waals surface area contributed by atoms with Crippen LogP contribution in [0.2, 0.25) is 10.0 Å². The van der Waals surface area contributed by atoms with Crippen molar-refractivity contribution in [2.45, 2.75) is 19.9 Å². The highest BCUT2D eigenvalue weighted by Crippen LogP contribution is 2.37. The summed E-state index contributed by atoms with van der Waals surface area (Å²) in [6.45, 7) is 8.19. The third-order valence-electron chi connectivity index (χ3n) is 5.92. The van der Waals surface area contributed by atoms with Gasteiger partial charge in [-0.25, -0.2) is 19.2 Å². The van der Waals surface area contributed by atoms with E-state index in [2.05, 4.69) is 21.9 Å². The number of amides is 2. The number of fused-ring (bicyclic) bond motifs is 1. The minimum atomic E-state index is -0.737. The topological polar surface area (TPSA) is 96.9 Å². The van der Waals surface area contributed by atoms with Crippen LogP contribution in [0.3, 0.4) is 0 Å². The summed E-state index contributed by atoms with van der Waals surface area (Å²) < 4.78 is 25.8. The largest absolute Gasteiger partial charge is 0.493 e. The molecule has 0 spiro atoms. The Morgan fingerprint density at radius 2 is 1.95 bits per heavy atom. The SMILES string of the molecule is C=C(C)C(=O)N1CCN(C(=O)Oc2cc3c(Nc4ccc(Cl)c(Cl)c4F)ncnc3cc2OC)[C@H](C)C1. The molecule has 9 nitrogen and oxygen atoms in total. The maximum Gasteiger partial charge on any atom is 0.415 e. The Kier molecular flexibility index (Phi) is 7.70. The molecule has 0 saturated carbocycles. The molecule has 2 aromatic carbocycles. The van der Waals surface area contributed by atoms with Crippen molar-refractivity contribution < 1.29 is 23.5 Å². The highest BCUT2D eigenvalue weighted by atomic mass is 35.5. The average molecular weight is 548 g/mol. The van der Waals surface area contributed by atoms with Gasteiger partial charge in [-0.05, 0) is 32.0 Å². The van der Waals surface area contributed by atoms with E-state index in [4.69, 9.17) is 32.7 Å². The number of hydrogen-bond donors (Lipinski definition) is 1. The lowest BCUT2D eigenvalue weighted by atomic mass is 10.1. The van der Waals surface area contributed by atoms with Gasteiger partial charge in [0.15, 0.2) is 17.3 Å². The van der Waals surface area contributed by atoms with E-state index in [9.17, 15) is 14.0 Å². The zero-order valence-electron chi connectivity index (χ0n) is 20.3. The Bertz CT molecular complexity index is 1400. The van der Waals surface area contributed by atoms with E-state index < -0.39 is 11.9 Å². The number of anilines is 2. The van der Waals surface area contributed by atoms with Crippen molar-refractivity contribution in [3.8, 4) is 11.5 Å². The van der Waals surface area contributed by atoms with Crippen molar-refractivity contribution in [2.75, 3.05) is 32.1 Å². The van der Waals surface area contributed by atoms with Gasteiger partial charge in [-0.3, -0.25) is 4.79 Å². The fourth-order valence-electron chi connectivity index (χ4n) is 3.99. The quantitative estimate of drug-likeness (QED) is 0.335. The van der Waals surface area contributed by atoms with E-state index in [1.54, 1.807) is 17.9 Å². The molecule has 3 aromatic rings. The van der Waals surface area contributed by atoms with Crippen LogP contribution in [0.15, 0.2) is 42.7 Å². The van der Waals surface area contributed by atoms with Crippen LogP contribution < -0.4 is 14.8 Å². The van der Waals surface area contributed by atoms with Crippen molar-refractivity contribution in [3.63, 3.8) is 0 Å². The standard InChI is InChI=1S/C25H24Cl2FN5O4/c1-13(2)24(34)32-7-8-33(14(3)11-32)25(35)37-20-9-15-18(10-19(20)36-4)29-12-30-23(15)31-17-6-5-16(26)21(27)22(17)28/h5-6,9-10,12,14H,1,7-8,11H2,2-4H3,(H,29,30,31)/t14-/m1/s1. The molecule has 2 heterocycles. The number of benzene rings is 2. The second-order valence-electron chi connectivity index (χ2n) is 8.53. The number of aromatic nitrogens is 2. The van der Waals surface area contributed by atoms with Crippen molar-refractivity contribution in [3.05, 3.63) is 58.6 Å². The number of halogens is 3.